The van der Waals surface area contributed by atoms with Crippen LogP contribution in [0.1, 0.15) is 48.3 Å². The summed E-state index contributed by atoms with van der Waals surface area (Å²) in [7, 11) is 3.78. The van der Waals surface area contributed by atoms with Crippen LogP contribution in [0.25, 0.3) is 0 Å². The summed E-state index contributed by atoms with van der Waals surface area (Å²) in [6.45, 7) is 2.11. The number of hydrogen-bond acceptors (Lipinski definition) is 5. The first kappa shape index (κ1) is 20.9. The summed E-state index contributed by atoms with van der Waals surface area (Å²) in [6, 6.07) is 20.7. The van der Waals surface area contributed by atoms with E-state index in [1.807, 2.05) is 54.4 Å². The lowest BCUT2D eigenvalue weighted by atomic mass is 9.72. The Kier molecular flexibility index (Phi) is 5.67. The van der Waals surface area contributed by atoms with Crippen LogP contribution in [-0.4, -0.2) is 29.9 Å². The van der Waals surface area contributed by atoms with Crippen molar-refractivity contribution >= 4 is 5.78 Å². The van der Waals surface area contributed by atoms with Crippen molar-refractivity contribution in [1.82, 2.24) is 10.0 Å². The van der Waals surface area contributed by atoms with Gasteiger partial charge < -0.3 is 5.73 Å². The topological polar surface area (TPSA) is 73.4 Å². The van der Waals surface area contributed by atoms with E-state index < -0.39 is 5.92 Å². The summed E-state index contributed by atoms with van der Waals surface area (Å²) in [5.41, 5.74) is 11.9. The van der Waals surface area contributed by atoms with Crippen molar-refractivity contribution < 1.29 is 4.79 Å². The molecule has 0 radical (unpaired) electrons. The van der Waals surface area contributed by atoms with E-state index in [4.69, 9.17) is 5.73 Å². The smallest absolute Gasteiger partial charge is 0.162 e. The molecular formula is C26H28N4O. The molecule has 2 aromatic carbocycles. The lowest BCUT2D eigenvalue weighted by Gasteiger charge is -2.43. The van der Waals surface area contributed by atoms with Crippen LogP contribution in [0.2, 0.25) is 0 Å². The van der Waals surface area contributed by atoms with E-state index in [1.165, 1.54) is 5.56 Å². The SMILES string of the molecule is CCc1ccc([C@@H]2C(C#N)=C(N)N(N(C)C)C3=C2C(=O)C[C@H](c2ccccc2)C3)cc1. The highest BCUT2D eigenvalue weighted by Gasteiger charge is 2.43. The number of aryl methyl sites for hydroxylation is 1. The zero-order valence-electron chi connectivity index (χ0n) is 18.3. The molecule has 2 N–H and O–H groups in total. The van der Waals surface area contributed by atoms with Gasteiger partial charge in [-0.1, -0.05) is 61.5 Å². The number of Topliss-reactive ketones (excluding diaryl/α,β-unsaturated/α-hetero) is 1. The molecule has 2 aliphatic rings. The maximum absolute atomic E-state index is 13.6. The van der Waals surface area contributed by atoms with Crippen LogP contribution in [0, 0.1) is 11.3 Å². The number of carbonyl (C=O) groups excluding carboxylic acids is 1. The van der Waals surface area contributed by atoms with Crippen molar-refractivity contribution in [1.29, 1.82) is 5.26 Å². The van der Waals surface area contributed by atoms with Crippen LogP contribution in [0.4, 0.5) is 0 Å². The number of hydrogen-bond donors (Lipinski definition) is 1. The fourth-order valence-electron chi connectivity index (χ4n) is 4.81. The highest BCUT2D eigenvalue weighted by Crippen LogP contribution is 2.48. The van der Waals surface area contributed by atoms with E-state index in [9.17, 15) is 10.1 Å². The maximum atomic E-state index is 13.6. The Bertz CT molecular complexity index is 1090. The minimum absolute atomic E-state index is 0.0896. The second-order valence-corrected chi connectivity index (χ2v) is 8.40. The largest absolute Gasteiger partial charge is 0.383 e. The number of nitrogens with zero attached hydrogens (tertiary/aromatic N) is 3. The van der Waals surface area contributed by atoms with Gasteiger partial charge in [-0.05, 0) is 35.4 Å². The number of nitrogens with two attached hydrogens (primary N) is 1. The van der Waals surface area contributed by atoms with Crippen molar-refractivity contribution in [2.45, 2.75) is 38.0 Å². The fraction of sp³-hybridized carbons (Fsp3) is 0.308. The molecule has 1 aliphatic carbocycles. The monoisotopic (exact) mass is 412 g/mol. The van der Waals surface area contributed by atoms with Gasteiger partial charge in [0.15, 0.2) is 5.78 Å². The van der Waals surface area contributed by atoms with Crippen LogP contribution in [0.5, 0.6) is 0 Å². The van der Waals surface area contributed by atoms with E-state index >= 15 is 0 Å². The zero-order chi connectivity index (χ0) is 22.1. The summed E-state index contributed by atoms with van der Waals surface area (Å²) >= 11 is 0. The first-order valence-electron chi connectivity index (χ1n) is 10.7. The van der Waals surface area contributed by atoms with Gasteiger partial charge in [-0.3, -0.25) is 9.80 Å². The second kappa shape index (κ2) is 8.41. The number of hydrazine groups is 1. The maximum Gasteiger partial charge on any atom is 0.162 e. The Labute approximate surface area is 184 Å². The van der Waals surface area contributed by atoms with Gasteiger partial charge in [-0.25, -0.2) is 5.01 Å². The van der Waals surface area contributed by atoms with Crippen LogP contribution < -0.4 is 5.73 Å². The van der Waals surface area contributed by atoms with Crippen molar-refractivity contribution in [3.8, 4) is 6.07 Å². The molecule has 1 heterocycles. The van der Waals surface area contributed by atoms with Crippen LogP contribution >= 0.6 is 0 Å². The van der Waals surface area contributed by atoms with Gasteiger partial charge in [-0.15, -0.1) is 0 Å². The Morgan fingerprint density at radius 2 is 1.74 bits per heavy atom. The Balaban J connectivity index is 1.87. The van der Waals surface area contributed by atoms with Crippen molar-refractivity contribution in [3.05, 3.63) is 94.0 Å². The van der Waals surface area contributed by atoms with E-state index in [2.05, 4.69) is 37.3 Å². The van der Waals surface area contributed by atoms with Gasteiger partial charge in [0.2, 0.25) is 0 Å². The Morgan fingerprint density at radius 1 is 1.06 bits per heavy atom. The molecule has 0 amide bonds. The van der Waals surface area contributed by atoms with Gasteiger partial charge in [-0.2, -0.15) is 5.26 Å². The molecule has 0 fully saturated rings. The third-order valence-electron chi connectivity index (χ3n) is 6.33. The van der Waals surface area contributed by atoms with Crippen molar-refractivity contribution in [2.75, 3.05) is 14.1 Å². The summed E-state index contributed by atoms with van der Waals surface area (Å²) in [6.07, 6.45) is 2.08. The van der Waals surface area contributed by atoms with E-state index in [1.54, 1.807) is 0 Å². The number of carbonyl (C=O) groups is 1. The van der Waals surface area contributed by atoms with Gasteiger partial charge in [0.1, 0.15) is 5.82 Å². The van der Waals surface area contributed by atoms with E-state index in [0.29, 0.717) is 29.8 Å². The molecule has 2 aromatic rings. The molecule has 0 unspecified atom stereocenters. The zero-order valence-corrected chi connectivity index (χ0v) is 18.3. The molecule has 0 saturated heterocycles. The Hall–Kier alpha value is -3.36. The molecular weight excluding hydrogens is 384 g/mol. The summed E-state index contributed by atoms with van der Waals surface area (Å²) in [4.78, 5) is 13.6. The normalized spacial score (nSPS) is 21.4. The molecule has 0 spiro atoms. The molecule has 1 aliphatic heterocycles. The first-order valence-corrected chi connectivity index (χ1v) is 10.7. The van der Waals surface area contributed by atoms with E-state index in [-0.39, 0.29) is 11.7 Å². The predicted octanol–water partition coefficient (Wildman–Crippen LogP) is 4.22. The molecule has 0 aromatic heterocycles. The highest BCUT2D eigenvalue weighted by atomic mass is 16.1. The van der Waals surface area contributed by atoms with Gasteiger partial charge in [0.25, 0.3) is 0 Å². The first-order chi connectivity index (χ1) is 15.0. The average Bonchev–Trinajstić information content (AvgIpc) is 2.78. The highest BCUT2D eigenvalue weighted by molar-refractivity contribution is 6.00. The number of ketones is 1. The van der Waals surface area contributed by atoms with Gasteiger partial charge in [0, 0.05) is 31.8 Å². The summed E-state index contributed by atoms with van der Waals surface area (Å²) in [5, 5.41) is 13.7. The van der Waals surface area contributed by atoms with Crippen LogP contribution in [0.3, 0.4) is 0 Å². The van der Waals surface area contributed by atoms with Gasteiger partial charge in [0.05, 0.1) is 17.6 Å². The molecule has 0 saturated carbocycles. The summed E-state index contributed by atoms with van der Waals surface area (Å²) in [5.74, 6) is 0.157. The molecule has 31 heavy (non-hydrogen) atoms. The number of rotatable bonds is 4. The standard InChI is InChI=1S/C26H28N4O/c1-4-17-10-12-19(13-11-17)24-21(16-27)26(28)30(29(2)3)22-14-20(15-23(31)25(22)24)18-8-6-5-7-9-18/h5-13,20,24H,4,14-15,28H2,1-3H3/t20-,24-/m1/s1. The van der Waals surface area contributed by atoms with Gasteiger partial charge >= 0.3 is 0 Å². The fourth-order valence-corrected chi connectivity index (χ4v) is 4.81. The number of nitriles is 1. The van der Waals surface area contributed by atoms with Crippen molar-refractivity contribution in [2.24, 2.45) is 5.73 Å². The molecule has 5 heteroatoms. The molecule has 2 atom stereocenters. The lowest BCUT2D eigenvalue weighted by Crippen LogP contribution is -2.46. The molecule has 158 valence electrons. The van der Waals surface area contributed by atoms with Crippen LogP contribution in [-0.2, 0) is 11.2 Å². The minimum atomic E-state index is -0.425. The number of benzene rings is 2. The predicted molar refractivity (Wildman–Crippen MR) is 121 cm³/mol. The summed E-state index contributed by atoms with van der Waals surface area (Å²) < 4.78 is 0. The molecule has 4 rings (SSSR count). The quantitative estimate of drug-likeness (QED) is 0.814. The molecule has 5 nitrogen and oxygen atoms in total. The average molecular weight is 413 g/mol. The van der Waals surface area contributed by atoms with Crippen molar-refractivity contribution in [3.63, 3.8) is 0 Å². The third-order valence-corrected chi connectivity index (χ3v) is 6.33. The number of allylic oxidation sites excluding steroid dienone is 3. The van der Waals surface area contributed by atoms with Crippen LogP contribution in [0.15, 0.2) is 77.3 Å². The second-order valence-electron chi connectivity index (χ2n) is 8.40. The van der Waals surface area contributed by atoms with E-state index in [0.717, 1.165) is 23.2 Å². The molecule has 0 bridgehead atoms. The Morgan fingerprint density at radius 3 is 2.32 bits per heavy atom. The minimum Gasteiger partial charge on any atom is -0.383 e. The third kappa shape index (κ3) is 3.64. The lowest BCUT2D eigenvalue weighted by molar-refractivity contribution is -0.117.